The Labute approximate surface area is 117 Å². The monoisotopic (exact) mass is 268 g/mol. The van der Waals surface area contributed by atoms with Gasteiger partial charge in [-0.25, -0.2) is 0 Å². The van der Waals surface area contributed by atoms with Gasteiger partial charge in [-0.2, -0.15) is 0 Å². The van der Waals surface area contributed by atoms with Gasteiger partial charge in [0, 0.05) is 12.1 Å². The summed E-state index contributed by atoms with van der Waals surface area (Å²) in [6.07, 6.45) is 13.5. The SMILES string of the molecule is CCCC1CCC(NC(=S)NC2CCCC2)CC1. The Morgan fingerprint density at radius 2 is 1.50 bits per heavy atom. The molecule has 0 spiro atoms. The van der Waals surface area contributed by atoms with Crippen LogP contribution in [0.2, 0.25) is 0 Å². The van der Waals surface area contributed by atoms with Crippen molar-refractivity contribution >= 4 is 17.3 Å². The van der Waals surface area contributed by atoms with Gasteiger partial charge in [-0.05, 0) is 56.7 Å². The van der Waals surface area contributed by atoms with Crippen LogP contribution in [0.1, 0.15) is 71.1 Å². The van der Waals surface area contributed by atoms with Crippen LogP contribution < -0.4 is 10.6 Å². The molecular formula is C15H28N2S. The fourth-order valence-corrected chi connectivity index (χ4v) is 3.82. The Balaban J connectivity index is 1.63. The average molecular weight is 268 g/mol. The molecule has 2 nitrogen and oxygen atoms in total. The lowest BCUT2D eigenvalue weighted by Gasteiger charge is -2.30. The van der Waals surface area contributed by atoms with Crippen LogP contribution in [0.15, 0.2) is 0 Å². The summed E-state index contributed by atoms with van der Waals surface area (Å²) in [7, 11) is 0. The largest absolute Gasteiger partial charge is 0.360 e. The van der Waals surface area contributed by atoms with Crippen LogP contribution in [0.25, 0.3) is 0 Å². The fourth-order valence-electron chi connectivity index (χ4n) is 3.49. The zero-order valence-corrected chi connectivity index (χ0v) is 12.5. The molecule has 104 valence electrons. The second-order valence-electron chi connectivity index (χ2n) is 6.11. The second kappa shape index (κ2) is 7.32. The Bertz CT molecular complexity index is 253. The molecule has 0 radical (unpaired) electrons. The standard InChI is InChI=1S/C15H28N2S/c1-2-5-12-8-10-14(11-9-12)17-15(18)16-13-6-3-4-7-13/h12-14H,2-11H2,1H3,(H2,16,17,18). The number of nitrogens with one attached hydrogen (secondary N) is 2. The summed E-state index contributed by atoms with van der Waals surface area (Å²) in [6, 6.07) is 1.26. The fraction of sp³-hybridized carbons (Fsp3) is 0.933. The third-order valence-electron chi connectivity index (χ3n) is 4.57. The molecule has 0 amide bonds. The van der Waals surface area contributed by atoms with Crippen LogP contribution in [-0.2, 0) is 0 Å². The Kier molecular flexibility index (Phi) is 5.74. The van der Waals surface area contributed by atoms with Crippen LogP contribution in [-0.4, -0.2) is 17.2 Å². The van der Waals surface area contributed by atoms with Crippen LogP contribution in [0.5, 0.6) is 0 Å². The summed E-state index contributed by atoms with van der Waals surface area (Å²) >= 11 is 5.43. The van der Waals surface area contributed by atoms with E-state index in [1.165, 1.54) is 64.2 Å². The molecule has 2 rings (SSSR count). The molecule has 0 saturated heterocycles. The van der Waals surface area contributed by atoms with Crippen molar-refractivity contribution in [1.82, 2.24) is 10.6 Å². The van der Waals surface area contributed by atoms with Gasteiger partial charge >= 0.3 is 0 Å². The number of hydrogen-bond acceptors (Lipinski definition) is 1. The highest BCUT2D eigenvalue weighted by molar-refractivity contribution is 7.80. The molecule has 2 aliphatic carbocycles. The van der Waals surface area contributed by atoms with E-state index >= 15 is 0 Å². The predicted octanol–water partition coefficient (Wildman–Crippen LogP) is 3.75. The Morgan fingerprint density at radius 3 is 2.06 bits per heavy atom. The first-order valence-corrected chi connectivity index (χ1v) is 8.25. The van der Waals surface area contributed by atoms with Crippen molar-refractivity contribution in [3.05, 3.63) is 0 Å². The van der Waals surface area contributed by atoms with Gasteiger partial charge in [0.2, 0.25) is 0 Å². The number of rotatable bonds is 4. The quantitative estimate of drug-likeness (QED) is 0.759. The van der Waals surface area contributed by atoms with E-state index in [9.17, 15) is 0 Å². The van der Waals surface area contributed by atoms with E-state index in [0.29, 0.717) is 12.1 Å². The summed E-state index contributed by atoms with van der Waals surface area (Å²) in [5, 5.41) is 7.92. The minimum Gasteiger partial charge on any atom is -0.360 e. The first-order valence-electron chi connectivity index (χ1n) is 7.85. The predicted molar refractivity (Wildman–Crippen MR) is 81.8 cm³/mol. The van der Waals surface area contributed by atoms with Crippen molar-refractivity contribution in [2.45, 2.75) is 83.2 Å². The van der Waals surface area contributed by atoms with Crippen molar-refractivity contribution in [2.24, 2.45) is 5.92 Å². The molecule has 3 heteroatoms. The molecule has 0 aromatic heterocycles. The van der Waals surface area contributed by atoms with Crippen molar-refractivity contribution in [2.75, 3.05) is 0 Å². The van der Waals surface area contributed by atoms with Gasteiger partial charge in [-0.3, -0.25) is 0 Å². The van der Waals surface area contributed by atoms with E-state index in [0.717, 1.165) is 11.0 Å². The lowest BCUT2D eigenvalue weighted by Crippen LogP contribution is -2.46. The Hall–Kier alpha value is -0.310. The first kappa shape index (κ1) is 14.1. The van der Waals surface area contributed by atoms with Gasteiger partial charge in [0.15, 0.2) is 5.11 Å². The highest BCUT2D eigenvalue weighted by Gasteiger charge is 2.22. The zero-order chi connectivity index (χ0) is 12.8. The van der Waals surface area contributed by atoms with E-state index in [4.69, 9.17) is 12.2 Å². The summed E-state index contributed by atoms with van der Waals surface area (Å²) in [5.41, 5.74) is 0. The van der Waals surface area contributed by atoms with Gasteiger partial charge in [0.25, 0.3) is 0 Å². The van der Waals surface area contributed by atoms with Gasteiger partial charge in [-0.1, -0.05) is 32.6 Å². The summed E-state index contributed by atoms with van der Waals surface area (Å²) in [5.74, 6) is 0.976. The Morgan fingerprint density at radius 1 is 0.944 bits per heavy atom. The molecule has 2 N–H and O–H groups in total. The number of hydrogen-bond donors (Lipinski definition) is 2. The van der Waals surface area contributed by atoms with Gasteiger partial charge < -0.3 is 10.6 Å². The molecule has 0 bridgehead atoms. The number of thiocarbonyl (C=S) groups is 1. The van der Waals surface area contributed by atoms with Crippen molar-refractivity contribution in [1.29, 1.82) is 0 Å². The lowest BCUT2D eigenvalue weighted by atomic mass is 9.83. The summed E-state index contributed by atoms with van der Waals surface area (Å²) in [4.78, 5) is 0. The molecule has 0 aliphatic heterocycles. The van der Waals surface area contributed by atoms with E-state index in [-0.39, 0.29) is 0 Å². The van der Waals surface area contributed by atoms with Crippen LogP contribution in [0.3, 0.4) is 0 Å². The molecule has 2 fully saturated rings. The van der Waals surface area contributed by atoms with Crippen LogP contribution in [0, 0.1) is 5.92 Å². The molecule has 0 aromatic carbocycles. The lowest BCUT2D eigenvalue weighted by molar-refractivity contribution is 0.295. The molecule has 0 aromatic rings. The van der Waals surface area contributed by atoms with E-state index in [1.807, 2.05) is 0 Å². The molecule has 0 heterocycles. The minimum absolute atomic E-state index is 0.625. The zero-order valence-electron chi connectivity index (χ0n) is 11.7. The van der Waals surface area contributed by atoms with E-state index < -0.39 is 0 Å². The minimum atomic E-state index is 0.625. The van der Waals surface area contributed by atoms with E-state index in [2.05, 4.69) is 17.6 Å². The van der Waals surface area contributed by atoms with Crippen molar-refractivity contribution in [3.63, 3.8) is 0 Å². The topological polar surface area (TPSA) is 24.1 Å². The molecule has 2 aliphatic rings. The highest BCUT2D eigenvalue weighted by Crippen LogP contribution is 2.27. The second-order valence-corrected chi connectivity index (χ2v) is 6.51. The highest BCUT2D eigenvalue weighted by atomic mass is 32.1. The van der Waals surface area contributed by atoms with Gasteiger partial charge in [-0.15, -0.1) is 0 Å². The summed E-state index contributed by atoms with van der Waals surface area (Å²) in [6.45, 7) is 2.30. The normalized spacial score (nSPS) is 29.2. The third kappa shape index (κ3) is 4.42. The molecule has 0 atom stereocenters. The van der Waals surface area contributed by atoms with Crippen molar-refractivity contribution in [3.8, 4) is 0 Å². The van der Waals surface area contributed by atoms with Crippen LogP contribution in [0.4, 0.5) is 0 Å². The van der Waals surface area contributed by atoms with Gasteiger partial charge in [0.05, 0.1) is 0 Å². The van der Waals surface area contributed by atoms with Gasteiger partial charge in [0.1, 0.15) is 0 Å². The van der Waals surface area contributed by atoms with Crippen LogP contribution >= 0.6 is 12.2 Å². The molecule has 2 saturated carbocycles. The first-order chi connectivity index (χ1) is 8.78. The maximum absolute atomic E-state index is 5.43. The molecule has 18 heavy (non-hydrogen) atoms. The maximum Gasteiger partial charge on any atom is 0.166 e. The van der Waals surface area contributed by atoms with E-state index in [1.54, 1.807) is 0 Å². The smallest absolute Gasteiger partial charge is 0.166 e. The van der Waals surface area contributed by atoms with Crippen molar-refractivity contribution < 1.29 is 0 Å². The third-order valence-corrected chi connectivity index (χ3v) is 4.80. The maximum atomic E-state index is 5.43. The molecule has 0 unspecified atom stereocenters. The summed E-state index contributed by atoms with van der Waals surface area (Å²) < 4.78 is 0. The molecular weight excluding hydrogens is 240 g/mol. The average Bonchev–Trinajstić information content (AvgIpc) is 2.84.